The fraction of sp³-hybridized carbons (Fsp3) is 0.556. The van der Waals surface area contributed by atoms with Crippen molar-refractivity contribution in [2.24, 2.45) is 0 Å². The van der Waals surface area contributed by atoms with Gasteiger partial charge in [0.25, 0.3) is 0 Å². The molecule has 0 saturated carbocycles. The van der Waals surface area contributed by atoms with E-state index in [1.54, 1.807) is 11.8 Å². The van der Waals surface area contributed by atoms with Crippen LogP contribution < -0.4 is 0 Å². The van der Waals surface area contributed by atoms with E-state index < -0.39 is 0 Å². The van der Waals surface area contributed by atoms with Crippen molar-refractivity contribution in [1.82, 2.24) is 14.9 Å². The van der Waals surface area contributed by atoms with Crippen LogP contribution in [0.25, 0.3) is 0 Å². The van der Waals surface area contributed by atoms with Crippen molar-refractivity contribution in [3.63, 3.8) is 0 Å². The summed E-state index contributed by atoms with van der Waals surface area (Å²) in [7, 11) is 4.11. The minimum Gasteiger partial charge on any atom is -0.309 e. The third-order valence-corrected chi connectivity index (χ3v) is 2.65. The Kier molecular flexibility index (Phi) is 4.65. The van der Waals surface area contributed by atoms with Crippen LogP contribution in [0.4, 0.5) is 0 Å². The van der Waals surface area contributed by atoms with Crippen LogP contribution in [0.3, 0.4) is 0 Å². The van der Waals surface area contributed by atoms with E-state index in [0.717, 1.165) is 23.0 Å². The highest BCUT2D eigenvalue weighted by Crippen LogP contribution is 2.17. The minimum atomic E-state index is 0.331. The molecule has 0 bridgehead atoms. The van der Waals surface area contributed by atoms with Crippen molar-refractivity contribution in [2.75, 3.05) is 26.4 Å². The quantitative estimate of drug-likeness (QED) is 0.451. The van der Waals surface area contributed by atoms with Crippen LogP contribution in [0.5, 0.6) is 0 Å². The molecule has 0 aliphatic heterocycles. The fourth-order valence-electron chi connectivity index (χ4n) is 0.911. The van der Waals surface area contributed by atoms with Crippen LogP contribution in [0, 0.1) is 6.92 Å². The molecular formula is C9H14ClN3S. The van der Waals surface area contributed by atoms with Gasteiger partial charge in [-0.25, -0.2) is 9.97 Å². The molecule has 0 saturated heterocycles. The van der Waals surface area contributed by atoms with Crippen LogP contribution in [0.15, 0.2) is 11.1 Å². The number of hydrogen-bond acceptors (Lipinski definition) is 4. The Bertz CT molecular complexity index is 284. The van der Waals surface area contributed by atoms with E-state index in [0.29, 0.717) is 5.28 Å². The number of halogens is 1. The van der Waals surface area contributed by atoms with E-state index in [1.807, 2.05) is 13.0 Å². The molecule has 3 nitrogen and oxygen atoms in total. The van der Waals surface area contributed by atoms with Crippen molar-refractivity contribution in [2.45, 2.75) is 11.9 Å². The Balaban J connectivity index is 2.50. The monoisotopic (exact) mass is 231 g/mol. The molecule has 0 aliphatic carbocycles. The zero-order valence-electron chi connectivity index (χ0n) is 8.62. The first-order valence-corrected chi connectivity index (χ1v) is 5.73. The highest BCUT2D eigenvalue weighted by molar-refractivity contribution is 7.99. The largest absolute Gasteiger partial charge is 0.309 e. The van der Waals surface area contributed by atoms with Gasteiger partial charge < -0.3 is 4.90 Å². The van der Waals surface area contributed by atoms with Crippen LogP contribution >= 0.6 is 23.4 Å². The molecule has 0 unspecified atom stereocenters. The molecule has 0 radical (unpaired) electrons. The first-order chi connectivity index (χ1) is 6.58. The molecule has 1 rings (SSSR count). The Labute approximate surface area is 93.9 Å². The molecule has 78 valence electrons. The highest BCUT2D eigenvalue weighted by Gasteiger charge is 2.00. The predicted octanol–water partition coefficient (Wildman–Crippen LogP) is 2.09. The van der Waals surface area contributed by atoms with Gasteiger partial charge in [-0.3, -0.25) is 0 Å². The lowest BCUT2D eigenvalue weighted by atomic mass is 10.5. The highest BCUT2D eigenvalue weighted by atomic mass is 35.5. The summed E-state index contributed by atoms with van der Waals surface area (Å²) >= 11 is 7.45. The average molecular weight is 232 g/mol. The molecule has 1 heterocycles. The molecule has 0 aromatic carbocycles. The van der Waals surface area contributed by atoms with Gasteiger partial charge in [0, 0.05) is 18.0 Å². The molecule has 0 amide bonds. The molecular weight excluding hydrogens is 218 g/mol. The molecule has 5 heteroatoms. The summed E-state index contributed by atoms with van der Waals surface area (Å²) in [6.07, 6.45) is 0. The summed E-state index contributed by atoms with van der Waals surface area (Å²) in [5.74, 6) is 1.01. The average Bonchev–Trinajstić information content (AvgIpc) is 2.01. The summed E-state index contributed by atoms with van der Waals surface area (Å²) in [4.78, 5) is 10.3. The lowest BCUT2D eigenvalue weighted by molar-refractivity contribution is 0.437. The van der Waals surface area contributed by atoms with Gasteiger partial charge in [0.15, 0.2) is 0 Å². The van der Waals surface area contributed by atoms with Crippen molar-refractivity contribution >= 4 is 23.4 Å². The maximum absolute atomic E-state index is 5.75. The predicted molar refractivity (Wildman–Crippen MR) is 61.1 cm³/mol. The summed E-state index contributed by atoms with van der Waals surface area (Å²) in [6, 6.07) is 1.95. The Hall–Kier alpha value is -0.320. The molecule has 0 fully saturated rings. The summed E-state index contributed by atoms with van der Waals surface area (Å²) < 4.78 is 0. The standard InChI is InChI=1S/C9H14ClN3S/c1-7-6-8(12-9(10)11-7)14-5-4-13(2)3/h6H,4-5H2,1-3H3. The Morgan fingerprint density at radius 3 is 2.71 bits per heavy atom. The van der Waals surface area contributed by atoms with Crippen molar-refractivity contribution < 1.29 is 0 Å². The Morgan fingerprint density at radius 1 is 1.43 bits per heavy atom. The minimum absolute atomic E-state index is 0.331. The van der Waals surface area contributed by atoms with Crippen LogP contribution in [-0.4, -0.2) is 41.3 Å². The van der Waals surface area contributed by atoms with E-state index in [1.165, 1.54) is 0 Å². The normalized spacial score (nSPS) is 10.9. The van der Waals surface area contributed by atoms with E-state index in [9.17, 15) is 0 Å². The third kappa shape index (κ3) is 4.26. The van der Waals surface area contributed by atoms with Crippen molar-refractivity contribution in [1.29, 1.82) is 0 Å². The van der Waals surface area contributed by atoms with E-state index in [4.69, 9.17) is 11.6 Å². The van der Waals surface area contributed by atoms with Gasteiger partial charge in [-0.05, 0) is 38.7 Å². The summed E-state index contributed by atoms with van der Waals surface area (Å²) in [6.45, 7) is 2.95. The number of aromatic nitrogens is 2. The molecule has 0 atom stereocenters. The molecule has 0 N–H and O–H groups in total. The van der Waals surface area contributed by atoms with Crippen molar-refractivity contribution in [3.05, 3.63) is 17.0 Å². The smallest absolute Gasteiger partial charge is 0.223 e. The first kappa shape index (κ1) is 11.8. The van der Waals surface area contributed by atoms with Gasteiger partial charge in [0.05, 0.1) is 0 Å². The van der Waals surface area contributed by atoms with Crippen molar-refractivity contribution in [3.8, 4) is 0 Å². The molecule has 1 aromatic heterocycles. The lowest BCUT2D eigenvalue weighted by Crippen LogP contribution is -2.14. The second-order valence-electron chi connectivity index (χ2n) is 3.27. The number of rotatable bonds is 4. The third-order valence-electron chi connectivity index (χ3n) is 1.59. The number of hydrogen-bond donors (Lipinski definition) is 0. The zero-order valence-corrected chi connectivity index (χ0v) is 10.2. The van der Waals surface area contributed by atoms with Crippen LogP contribution in [0.1, 0.15) is 5.69 Å². The van der Waals surface area contributed by atoms with E-state index in [-0.39, 0.29) is 0 Å². The number of thioether (sulfide) groups is 1. The van der Waals surface area contributed by atoms with E-state index in [2.05, 4.69) is 29.0 Å². The van der Waals surface area contributed by atoms with Gasteiger partial charge in [0.1, 0.15) is 5.03 Å². The maximum Gasteiger partial charge on any atom is 0.223 e. The number of aryl methyl sites for hydroxylation is 1. The summed E-state index contributed by atoms with van der Waals surface area (Å²) in [5, 5.41) is 1.28. The van der Waals surface area contributed by atoms with Gasteiger partial charge in [-0.15, -0.1) is 11.8 Å². The molecule has 1 aromatic rings. The molecule has 14 heavy (non-hydrogen) atoms. The second-order valence-corrected chi connectivity index (χ2v) is 4.72. The van der Waals surface area contributed by atoms with Gasteiger partial charge in [0.2, 0.25) is 5.28 Å². The zero-order chi connectivity index (χ0) is 10.6. The first-order valence-electron chi connectivity index (χ1n) is 4.36. The maximum atomic E-state index is 5.75. The molecule has 0 spiro atoms. The van der Waals surface area contributed by atoms with Gasteiger partial charge in [-0.1, -0.05) is 0 Å². The fourth-order valence-corrected chi connectivity index (χ4v) is 2.26. The lowest BCUT2D eigenvalue weighted by Gasteiger charge is -2.08. The van der Waals surface area contributed by atoms with Gasteiger partial charge >= 0.3 is 0 Å². The number of nitrogens with zero attached hydrogens (tertiary/aromatic N) is 3. The van der Waals surface area contributed by atoms with Crippen LogP contribution in [-0.2, 0) is 0 Å². The van der Waals surface area contributed by atoms with Crippen LogP contribution in [0.2, 0.25) is 5.28 Å². The summed E-state index contributed by atoms with van der Waals surface area (Å²) in [5.41, 5.74) is 0.914. The van der Waals surface area contributed by atoms with E-state index >= 15 is 0 Å². The Morgan fingerprint density at radius 2 is 2.14 bits per heavy atom. The molecule has 0 aliphatic rings. The SMILES string of the molecule is Cc1cc(SCCN(C)C)nc(Cl)n1. The second kappa shape index (κ2) is 5.53. The topological polar surface area (TPSA) is 29.0 Å². The van der Waals surface area contributed by atoms with Gasteiger partial charge in [-0.2, -0.15) is 0 Å².